The van der Waals surface area contributed by atoms with Gasteiger partial charge in [-0.3, -0.25) is 9.59 Å². The van der Waals surface area contributed by atoms with Gasteiger partial charge in [0.1, 0.15) is 0 Å². The number of H-pyrrole nitrogens is 1. The average Bonchev–Trinajstić information content (AvgIpc) is 2.63. The number of fused-ring (bicyclic) bond motifs is 2. The van der Waals surface area contributed by atoms with Crippen LogP contribution in [0.15, 0.2) is 47.3 Å². The maximum Gasteiger partial charge on any atom is 0.249 e. The van der Waals surface area contributed by atoms with E-state index in [0.29, 0.717) is 16.6 Å². The van der Waals surface area contributed by atoms with E-state index in [0.717, 1.165) is 48.0 Å². The molecule has 2 aromatic carbocycles. The van der Waals surface area contributed by atoms with Crippen molar-refractivity contribution < 1.29 is 4.79 Å². The summed E-state index contributed by atoms with van der Waals surface area (Å²) in [5.74, 6) is 0.0127. The summed E-state index contributed by atoms with van der Waals surface area (Å²) in [5.41, 5.74) is 4.39. The molecular formula is C21H20N2O2. The summed E-state index contributed by atoms with van der Waals surface area (Å²) in [6.45, 7) is 3.00. The predicted molar refractivity (Wildman–Crippen MR) is 101 cm³/mol. The minimum Gasteiger partial charge on any atom is -0.384 e. The fraction of sp³-hybridized carbons (Fsp3) is 0.238. The molecule has 0 saturated carbocycles. The molecule has 0 bridgehead atoms. The van der Waals surface area contributed by atoms with Gasteiger partial charge in [-0.05, 0) is 29.7 Å². The van der Waals surface area contributed by atoms with Gasteiger partial charge in [0.05, 0.1) is 5.56 Å². The van der Waals surface area contributed by atoms with E-state index in [-0.39, 0.29) is 11.3 Å². The number of anilines is 1. The zero-order valence-corrected chi connectivity index (χ0v) is 14.2. The molecular weight excluding hydrogens is 312 g/mol. The van der Waals surface area contributed by atoms with E-state index in [1.807, 2.05) is 36.4 Å². The van der Waals surface area contributed by atoms with Crippen molar-refractivity contribution in [3.05, 3.63) is 63.9 Å². The molecule has 1 aliphatic rings. The first-order chi connectivity index (χ1) is 12.2. The van der Waals surface area contributed by atoms with Crippen molar-refractivity contribution in [2.45, 2.75) is 26.2 Å². The number of nitrogens with one attached hydrogen (secondary N) is 2. The van der Waals surface area contributed by atoms with Gasteiger partial charge >= 0.3 is 0 Å². The number of pyridine rings is 1. The highest BCUT2D eigenvalue weighted by molar-refractivity contribution is 6.27. The third-order valence-corrected chi connectivity index (χ3v) is 4.79. The van der Waals surface area contributed by atoms with Crippen LogP contribution in [0.5, 0.6) is 0 Å². The van der Waals surface area contributed by atoms with Crippen molar-refractivity contribution in [2.24, 2.45) is 0 Å². The third-order valence-electron chi connectivity index (χ3n) is 4.79. The van der Waals surface area contributed by atoms with Gasteiger partial charge in [-0.1, -0.05) is 44.0 Å². The summed E-state index contributed by atoms with van der Waals surface area (Å²) in [5, 5.41) is 4.25. The van der Waals surface area contributed by atoms with Crippen LogP contribution < -0.4 is 10.9 Å². The number of aromatic amines is 1. The largest absolute Gasteiger partial charge is 0.384 e. The Hall–Kier alpha value is -2.88. The van der Waals surface area contributed by atoms with Gasteiger partial charge in [-0.25, -0.2) is 0 Å². The van der Waals surface area contributed by atoms with Gasteiger partial charge in [0, 0.05) is 34.8 Å². The van der Waals surface area contributed by atoms with E-state index in [2.05, 4.69) is 17.2 Å². The zero-order valence-electron chi connectivity index (χ0n) is 14.2. The number of carbonyl (C=O) groups is 1. The molecule has 1 aromatic heterocycles. The monoisotopic (exact) mass is 332 g/mol. The quantitative estimate of drug-likeness (QED) is 0.534. The topological polar surface area (TPSA) is 62.0 Å². The minimum atomic E-state index is -0.152. The van der Waals surface area contributed by atoms with Crippen LogP contribution in [-0.4, -0.2) is 17.3 Å². The summed E-state index contributed by atoms with van der Waals surface area (Å²) in [4.78, 5) is 28.1. The highest BCUT2D eigenvalue weighted by Crippen LogP contribution is 2.40. The number of aromatic nitrogens is 1. The van der Waals surface area contributed by atoms with Crippen LogP contribution in [0.2, 0.25) is 0 Å². The molecule has 1 aliphatic carbocycles. The molecule has 0 radical (unpaired) electrons. The van der Waals surface area contributed by atoms with E-state index in [1.54, 1.807) is 6.07 Å². The molecule has 1 heterocycles. The molecule has 3 aromatic rings. The Labute approximate surface area is 145 Å². The number of hydrogen-bond donors (Lipinski definition) is 2. The molecule has 0 saturated heterocycles. The lowest BCUT2D eigenvalue weighted by Crippen LogP contribution is -2.17. The number of hydrogen-bond acceptors (Lipinski definition) is 3. The summed E-state index contributed by atoms with van der Waals surface area (Å²) in [6.07, 6.45) is 3.38. The molecule has 4 heteroatoms. The Morgan fingerprint density at radius 2 is 1.76 bits per heavy atom. The van der Waals surface area contributed by atoms with Crippen LogP contribution >= 0.6 is 0 Å². The van der Waals surface area contributed by atoms with Crippen LogP contribution in [-0.2, 0) is 0 Å². The lowest BCUT2D eigenvalue weighted by molar-refractivity contribution is 0.104. The molecule has 126 valence electrons. The molecule has 25 heavy (non-hydrogen) atoms. The first kappa shape index (κ1) is 15.6. The molecule has 0 atom stereocenters. The van der Waals surface area contributed by atoms with Gasteiger partial charge < -0.3 is 10.3 Å². The fourth-order valence-corrected chi connectivity index (χ4v) is 3.60. The number of ketones is 1. The summed E-state index contributed by atoms with van der Waals surface area (Å²) in [7, 11) is 0. The smallest absolute Gasteiger partial charge is 0.249 e. The lowest BCUT2D eigenvalue weighted by atomic mass is 9.83. The van der Waals surface area contributed by atoms with Crippen molar-refractivity contribution in [2.75, 3.05) is 11.9 Å². The van der Waals surface area contributed by atoms with Crippen molar-refractivity contribution in [1.82, 2.24) is 4.98 Å². The molecule has 2 N–H and O–H groups in total. The Balaban J connectivity index is 1.94. The number of benzene rings is 2. The summed E-state index contributed by atoms with van der Waals surface area (Å²) < 4.78 is 0. The maximum absolute atomic E-state index is 13.2. The molecule has 0 aliphatic heterocycles. The van der Waals surface area contributed by atoms with Gasteiger partial charge in [-0.15, -0.1) is 0 Å². The van der Waals surface area contributed by atoms with E-state index >= 15 is 0 Å². The highest BCUT2D eigenvalue weighted by atomic mass is 16.1. The molecule has 0 unspecified atom stereocenters. The standard InChI is InChI=1S/C21H20N2O2/c1-2-3-6-11-22-16-9-10-17-19-15(12-18(24)23-17)13-7-4-5-8-14(13)21(25)20(16)19/h4-5,7-10,12,22H,2-3,6,11H2,1H3,(H,23,24). The first-order valence-electron chi connectivity index (χ1n) is 8.78. The van der Waals surface area contributed by atoms with Crippen molar-refractivity contribution in [1.29, 1.82) is 0 Å². The van der Waals surface area contributed by atoms with Gasteiger partial charge in [0.2, 0.25) is 5.56 Å². The van der Waals surface area contributed by atoms with E-state index in [4.69, 9.17) is 0 Å². The second-order valence-corrected chi connectivity index (χ2v) is 6.47. The van der Waals surface area contributed by atoms with Crippen molar-refractivity contribution in [3.63, 3.8) is 0 Å². The second kappa shape index (κ2) is 6.20. The number of rotatable bonds is 5. The molecule has 4 rings (SSSR count). The van der Waals surface area contributed by atoms with Crippen LogP contribution in [0, 0.1) is 0 Å². The van der Waals surface area contributed by atoms with Gasteiger partial charge in [0.25, 0.3) is 0 Å². The molecule has 0 amide bonds. The zero-order chi connectivity index (χ0) is 17.4. The van der Waals surface area contributed by atoms with Gasteiger partial charge in [0.15, 0.2) is 5.78 Å². The average molecular weight is 332 g/mol. The van der Waals surface area contributed by atoms with Crippen molar-refractivity contribution >= 4 is 22.4 Å². The lowest BCUT2D eigenvalue weighted by Gasteiger charge is -2.22. The van der Waals surface area contributed by atoms with E-state index in [9.17, 15) is 9.59 Å². The summed E-state index contributed by atoms with van der Waals surface area (Å²) in [6, 6.07) is 12.9. The first-order valence-corrected chi connectivity index (χ1v) is 8.78. The SMILES string of the molecule is CCCCCNc1ccc2[nH]c(=O)cc3c2c1C(=O)c1ccccc1-3. The second-order valence-electron chi connectivity index (χ2n) is 6.47. The number of unbranched alkanes of at least 4 members (excludes halogenated alkanes) is 2. The Morgan fingerprint density at radius 1 is 0.960 bits per heavy atom. The predicted octanol–water partition coefficient (Wildman–Crippen LogP) is 4.34. The van der Waals surface area contributed by atoms with Crippen molar-refractivity contribution in [3.8, 4) is 11.1 Å². The van der Waals surface area contributed by atoms with E-state index in [1.165, 1.54) is 0 Å². The summed E-state index contributed by atoms with van der Waals surface area (Å²) >= 11 is 0. The molecule has 0 spiro atoms. The van der Waals surface area contributed by atoms with Gasteiger partial charge in [-0.2, -0.15) is 0 Å². The fourth-order valence-electron chi connectivity index (χ4n) is 3.60. The molecule has 0 fully saturated rings. The minimum absolute atomic E-state index is 0.0127. The van der Waals surface area contributed by atoms with Crippen LogP contribution in [0.4, 0.5) is 5.69 Å². The normalized spacial score (nSPS) is 12.3. The Kier molecular flexibility index (Phi) is 3.88. The third kappa shape index (κ3) is 2.54. The molecule has 4 nitrogen and oxygen atoms in total. The Bertz CT molecular complexity index is 1030. The van der Waals surface area contributed by atoms with Crippen LogP contribution in [0.25, 0.3) is 22.0 Å². The van der Waals surface area contributed by atoms with Crippen LogP contribution in [0.3, 0.4) is 0 Å². The van der Waals surface area contributed by atoms with Crippen LogP contribution in [0.1, 0.15) is 42.1 Å². The highest BCUT2D eigenvalue weighted by Gasteiger charge is 2.27. The Morgan fingerprint density at radius 3 is 2.56 bits per heavy atom. The number of carbonyl (C=O) groups excluding carboxylic acids is 1. The van der Waals surface area contributed by atoms with E-state index < -0.39 is 0 Å². The maximum atomic E-state index is 13.2.